The second kappa shape index (κ2) is 8.44. The number of carbonyl (C=O) groups excluding carboxylic acids is 1. The van der Waals surface area contributed by atoms with Crippen molar-refractivity contribution in [1.29, 1.82) is 0 Å². The highest BCUT2D eigenvalue weighted by Gasteiger charge is 2.30. The maximum absolute atomic E-state index is 12.8. The van der Waals surface area contributed by atoms with Gasteiger partial charge < -0.3 is 14.7 Å². The van der Waals surface area contributed by atoms with Crippen LogP contribution in [-0.4, -0.2) is 60.3 Å². The molecule has 1 amide bonds. The van der Waals surface area contributed by atoms with E-state index in [0.29, 0.717) is 5.91 Å². The van der Waals surface area contributed by atoms with Crippen LogP contribution in [0.1, 0.15) is 51.9 Å². The number of piperidine rings is 3. The van der Waals surface area contributed by atoms with Gasteiger partial charge in [-0.2, -0.15) is 0 Å². The molecule has 0 N–H and O–H groups in total. The fourth-order valence-electron chi connectivity index (χ4n) is 4.62. The Balaban J connectivity index is 1.29. The second-order valence-corrected chi connectivity index (χ2v) is 8.57. The average molecular weight is 372 g/mol. The molecule has 4 rings (SSSR count). The summed E-state index contributed by atoms with van der Waals surface area (Å²) >= 11 is 0. The molecule has 0 atom stereocenters. The quantitative estimate of drug-likeness (QED) is 0.818. The molecule has 0 aromatic carbocycles. The SMILES string of the molecule is CC1CCN(C(=O)C2CCN(c3ccc(N4CCCCC4)nn3)CC2)CC1. The van der Waals surface area contributed by atoms with Crippen LogP contribution in [0.15, 0.2) is 12.1 Å². The van der Waals surface area contributed by atoms with Gasteiger partial charge in [0.25, 0.3) is 0 Å². The minimum Gasteiger partial charge on any atom is -0.355 e. The lowest BCUT2D eigenvalue weighted by atomic mass is 9.92. The van der Waals surface area contributed by atoms with Gasteiger partial charge in [-0.25, -0.2) is 0 Å². The largest absolute Gasteiger partial charge is 0.355 e. The molecular weight excluding hydrogens is 338 g/mol. The Morgan fingerprint density at radius 3 is 1.93 bits per heavy atom. The Morgan fingerprint density at radius 1 is 0.815 bits per heavy atom. The van der Waals surface area contributed by atoms with E-state index in [1.165, 1.54) is 19.3 Å². The van der Waals surface area contributed by atoms with Crippen LogP contribution in [0.5, 0.6) is 0 Å². The summed E-state index contributed by atoms with van der Waals surface area (Å²) in [6.45, 7) is 8.18. The average Bonchev–Trinajstić information content (AvgIpc) is 2.75. The second-order valence-electron chi connectivity index (χ2n) is 8.57. The van der Waals surface area contributed by atoms with Crippen molar-refractivity contribution in [3.8, 4) is 0 Å². The predicted octanol–water partition coefficient (Wildman–Crippen LogP) is 2.94. The maximum atomic E-state index is 12.8. The first-order valence-electron chi connectivity index (χ1n) is 10.8. The van der Waals surface area contributed by atoms with Crippen molar-refractivity contribution in [3.05, 3.63) is 12.1 Å². The molecule has 0 bridgehead atoms. The molecule has 1 aromatic rings. The number of carbonyl (C=O) groups is 1. The summed E-state index contributed by atoms with van der Waals surface area (Å²) in [6, 6.07) is 4.21. The molecule has 3 aliphatic heterocycles. The summed E-state index contributed by atoms with van der Waals surface area (Å²) < 4.78 is 0. The first-order valence-corrected chi connectivity index (χ1v) is 10.8. The van der Waals surface area contributed by atoms with Crippen LogP contribution in [0, 0.1) is 11.8 Å². The summed E-state index contributed by atoms with van der Waals surface area (Å²) in [6.07, 6.45) is 8.00. The number of hydrogen-bond donors (Lipinski definition) is 0. The molecule has 0 saturated carbocycles. The molecule has 0 spiro atoms. The maximum Gasteiger partial charge on any atom is 0.225 e. The van der Waals surface area contributed by atoms with Crippen molar-refractivity contribution in [1.82, 2.24) is 15.1 Å². The number of rotatable bonds is 3. The standard InChI is InChI=1S/C21H33N5O/c1-17-7-13-26(14-8-17)21(27)18-9-15-25(16-10-18)20-6-5-19(22-23-20)24-11-3-2-4-12-24/h5-6,17-18H,2-4,7-16H2,1H3. The van der Waals surface area contributed by atoms with Crippen LogP contribution in [0.2, 0.25) is 0 Å². The fourth-order valence-corrected chi connectivity index (χ4v) is 4.62. The molecule has 3 saturated heterocycles. The van der Waals surface area contributed by atoms with Crippen molar-refractivity contribution in [3.63, 3.8) is 0 Å². The Bertz CT molecular complexity index is 612. The summed E-state index contributed by atoms with van der Waals surface area (Å²) in [7, 11) is 0. The van der Waals surface area contributed by atoms with Gasteiger partial charge in [0.05, 0.1) is 0 Å². The zero-order valence-electron chi connectivity index (χ0n) is 16.6. The van der Waals surface area contributed by atoms with Gasteiger partial charge in [-0.05, 0) is 63.0 Å². The van der Waals surface area contributed by atoms with Gasteiger partial charge in [0.1, 0.15) is 0 Å². The predicted molar refractivity (Wildman–Crippen MR) is 108 cm³/mol. The highest BCUT2D eigenvalue weighted by atomic mass is 16.2. The number of amides is 1. The zero-order chi connectivity index (χ0) is 18.6. The molecule has 3 fully saturated rings. The van der Waals surface area contributed by atoms with E-state index in [-0.39, 0.29) is 5.92 Å². The topological polar surface area (TPSA) is 52.6 Å². The van der Waals surface area contributed by atoms with Crippen LogP contribution in [-0.2, 0) is 4.79 Å². The fraction of sp³-hybridized carbons (Fsp3) is 0.762. The highest BCUT2D eigenvalue weighted by Crippen LogP contribution is 2.26. The minimum absolute atomic E-state index is 0.190. The number of nitrogens with zero attached hydrogens (tertiary/aromatic N) is 5. The lowest BCUT2D eigenvalue weighted by Crippen LogP contribution is -2.45. The van der Waals surface area contributed by atoms with Crippen molar-refractivity contribution in [2.24, 2.45) is 11.8 Å². The Labute approximate surface area is 162 Å². The molecule has 0 radical (unpaired) electrons. The first kappa shape index (κ1) is 18.5. The third-order valence-corrected chi connectivity index (χ3v) is 6.58. The Hall–Kier alpha value is -1.85. The molecule has 4 heterocycles. The Kier molecular flexibility index (Phi) is 5.79. The van der Waals surface area contributed by atoms with E-state index in [0.717, 1.165) is 82.5 Å². The van der Waals surface area contributed by atoms with E-state index in [4.69, 9.17) is 0 Å². The third-order valence-electron chi connectivity index (χ3n) is 6.58. The van der Waals surface area contributed by atoms with Crippen molar-refractivity contribution >= 4 is 17.5 Å². The molecule has 27 heavy (non-hydrogen) atoms. The lowest BCUT2D eigenvalue weighted by molar-refractivity contribution is -0.137. The summed E-state index contributed by atoms with van der Waals surface area (Å²) in [5.41, 5.74) is 0. The van der Waals surface area contributed by atoms with E-state index in [1.807, 2.05) is 0 Å². The molecule has 148 valence electrons. The van der Waals surface area contributed by atoms with Gasteiger partial charge in [-0.15, -0.1) is 10.2 Å². The monoisotopic (exact) mass is 371 g/mol. The molecule has 0 unspecified atom stereocenters. The van der Waals surface area contributed by atoms with Crippen molar-refractivity contribution in [2.45, 2.75) is 51.9 Å². The summed E-state index contributed by atoms with van der Waals surface area (Å²) in [5, 5.41) is 8.96. The first-order chi connectivity index (χ1) is 13.2. The van der Waals surface area contributed by atoms with Gasteiger partial charge in [-0.3, -0.25) is 4.79 Å². The van der Waals surface area contributed by atoms with Crippen LogP contribution in [0.4, 0.5) is 11.6 Å². The summed E-state index contributed by atoms with van der Waals surface area (Å²) in [5.74, 6) is 3.29. The molecule has 3 aliphatic rings. The normalized spacial score (nSPS) is 22.9. The van der Waals surface area contributed by atoms with E-state index < -0.39 is 0 Å². The van der Waals surface area contributed by atoms with Gasteiger partial charge in [0.2, 0.25) is 5.91 Å². The smallest absolute Gasteiger partial charge is 0.225 e. The van der Waals surface area contributed by atoms with E-state index in [1.54, 1.807) is 0 Å². The van der Waals surface area contributed by atoms with E-state index in [9.17, 15) is 4.79 Å². The molecule has 6 nitrogen and oxygen atoms in total. The Morgan fingerprint density at radius 2 is 1.37 bits per heavy atom. The van der Waals surface area contributed by atoms with E-state index in [2.05, 4.69) is 44.0 Å². The lowest BCUT2D eigenvalue weighted by Gasteiger charge is -2.37. The van der Waals surface area contributed by atoms with Gasteiger partial charge in [0.15, 0.2) is 11.6 Å². The minimum atomic E-state index is 0.190. The number of anilines is 2. The van der Waals surface area contributed by atoms with Crippen LogP contribution >= 0.6 is 0 Å². The zero-order valence-corrected chi connectivity index (χ0v) is 16.6. The van der Waals surface area contributed by atoms with Gasteiger partial charge in [-0.1, -0.05) is 6.92 Å². The van der Waals surface area contributed by atoms with Crippen molar-refractivity contribution in [2.75, 3.05) is 49.1 Å². The van der Waals surface area contributed by atoms with Gasteiger partial charge >= 0.3 is 0 Å². The number of likely N-dealkylation sites (tertiary alicyclic amines) is 1. The summed E-state index contributed by atoms with van der Waals surface area (Å²) in [4.78, 5) is 19.5. The molecule has 1 aromatic heterocycles. The van der Waals surface area contributed by atoms with Crippen molar-refractivity contribution < 1.29 is 4.79 Å². The van der Waals surface area contributed by atoms with Crippen LogP contribution in [0.25, 0.3) is 0 Å². The molecule has 6 heteroatoms. The van der Waals surface area contributed by atoms with Crippen LogP contribution < -0.4 is 9.80 Å². The number of hydrogen-bond acceptors (Lipinski definition) is 5. The third kappa shape index (κ3) is 4.36. The van der Waals surface area contributed by atoms with Gasteiger partial charge in [0, 0.05) is 45.2 Å². The van der Waals surface area contributed by atoms with Crippen LogP contribution in [0.3, 0.4) is 0 Å². The van der Waals surface area contributed by atoms with E-state index >= 15 is 0 Å². The number of aromatic nitrogens is 2. The highest BCUT2D eigenvalue weighted by molar-refractivity contribution is 5.79. The molecule has 0 aliphatic carbocycles. The molecular formula is C21H33N5O.